The molecule has 1 aliphatic rings. The molecule has 2 rings (SSSR count). The Labute approximate surface area is 119 Å². The van der Waals surface area contributed by atoms with Crippen molar-refractivity contribution in [2.45, 2.75) is 25.9 Å². The van der Waals surface area contributed by atoms with Crippen molar-refractivity contribution in [2.75, 3.05) is 32.0 Å². The van der Waals surface area contributed by atoms with Crippen molar-refractivity contribution < 1.29 is 14.3 Å². The van der Waals surface area contributed by atoms with Crippen LogP contribution in [0, 0.1) is 0 Å². The van der Waals surface area contributed by atoms with E-state index >= 15 is 0 Å². The van der Waals surface area contributed by atoms with Crippen LogP contribution in [0.25, 0.3) is 0 Å². The van der Waals surface area contributed by atoms with Crippen molar-refractivity contribution in [3.05, 3.63) is 24.3 Å². The maximum absolute atomic E-state index is 12.1. The molecule has 0 aliphatic carbocycles. The maximum atomic E-state index is 12.1. The van der Waals surface area contributed by atoms with Crippen molar-refractivity contribution in [3.63, 3.8) is 0 Å². The van der Waals surface area contributed by atoms with Crippen molar-refractivity contribution in [2.24, 2.45) is 0 Å². The van der Waals surface area contributed by atoms with Gasteiger partial charge in [0.05, 0.1) is 31.4 Å². The summed E-state index contributed by atoms with van der Waals surface area (Å²) in [6, 6.07) is 7.31. The van der Waals surface area contributed by atoms with Crippen LogP contribution < -0.4 is 10.5 Å². The van der Waals surface area contributed by atoms with Gasteiger partial charge in [-0.1, -0.05) is 19.1 Å². The molecule has 0 bridgehead atoms. The molecule has 2 N–H and O–H groups in total. The van der Waals surface area contributed by atoms with Gasteiger partial charge in [0.1, 0.15) is 5.75 Å². The molecule has 1 aromatic carbocycles. The summed E-state index contributed by atoms with van der Waals surface area (Å²) in [4.78, 5) is 14.0. The number of amides is 1. The van der Waals surface area contributed by atoms with Gasteiger partial charge >= 0.3 is 0 Å². The first-order valence-electron chi connectivity index (χ1n) is 7.07. The largest absolute Gasteiger partial charge is 0.491 e. The zero-order valence-electron chi connectivity index (χ0n) is 11.9. The number of nitrogen functional groups attached to an aromatic ring is 1. The van der Waals surface area contributed by atoms with Gasteiger partial charge in [-0.05, 0) is 18.6 Å². The van der Waals surface area contributed by atoms with E-state index in [1.807, 2.05) is 23.1 Å². The highest BCUT2D eigenvalue weighted by Gasteiger charge is 2.22. The Morgan fingerprint density at radius 2 is 2.30 bits per heavy atom. The third-order valence-corrected chi connectivity index (χ3v) is 3.44. The summed E-state index contributed by atoms with van der Waals surface area (Å²) in [5, 5.41) is 0. The molecule has 1 aliphatic heterocycles. The number of morpholine rings is 1. The standard InChI is InChI=1S/C15H22N2O3/c1-2-12-11-17(8-10-19-12)15(18)7-9-20-14-6-4-3-5-13(14)16/h3-6,12H,2,7-11,16H2,1H3. The summed E-state index contributed by atoms with van der Waals surface area (Å²) < 4.78 is 11.1. The average molecular weight is 278 g/mol. The quantitative estimate of drug-likeness (QED) is 0.832. The van der Waals surface area contributed by atoms with E-state index in [0.717, 1.165) is 6.42 Å². The molecule has 1 fully saturated rings. The zero-order chi connectivity index (χ0) is 14.4. The van der Waals surface area contributed by atoms with Gasteiger partial charge in [0.2, 0.25) is 5.91 Å². The summed E-state index contributed by atoms with van der Waals surface area (Å²) in [5.41, 5.74) is 6.37. The van der Waals surface area contributed by atoms with Crippen molar-refractivity contribution in [1.29, 1.82) is 0 Å². The van der Waals surface area contributed by atoms with Gasteiger partial charge in [-0.2, -0.15) is 0 Å². The molecule has 0 radical (unpaired) electrons. The predicted molar refractivity (Wildman–Crippen MR) is 77.6 cm³/mol. The fourth-order valence-electron chi connectivity index (χ4n) is 2.21. The fraction of sp³-hybridized carbons (Fsp3) is 0.533. The fourth-order valence-corrected chi connectivity index (χ4v) is 2.21. The highest BCUT2D eigenvalue weighted by molar-refractivity contribution is 5.76. The summed E-state index contributed by atoms with van der Waals surface area (Å²) >= 11 is 0. The minimum Gasteiger partial charge on any atom is -0.491 e. The molecule has 1 saturated heterocycles. The van der Waals surface area contributed by atoms with Crippen molar-refractivity contribution in [3.8, 4) is 5.75 Å². The zero-order valence-corrected chi connectivity index (χ0v) is 11.9. The number of rotatable bonds is 5. The molecule has 20 heavy (non-hydrogen) atoms. The highest BCUT2D eigenvalue weighted by atomic mass is 16.5. The highest BCUT2D eigenvalue weighted by Crippen LogP contribution is 2.20. The molecular formula is C15H22N2O3. The van der Waals surface area contributed by atoms with Gasteiger partial charge in [-0.25, -0.2) is 0 Å². The van der Waals surface area contributed by atoms with E-state index in [4.69, 9.17) is 15.2 Å². The third kappa shape index (κ3) is 3.87. The van der Waals surface area contributed by atoms with E-state index in [1.54, 1.807) is 6.07 Å². The maximum Gasteiger partial charge on any atom is 0.226 e. The number of carbonyl (C=O) groups excluding carboxylic acids is 1. The number of para-hydroxylation sites is 2. The summed E-state index contributed by atoms with van der Waals surface area (Å²) in [5.74, 6) is 0.745. The monoisotopic (exact) mass is 278 g/mol. The number of nitrogens with two attached hydrogens (primary N) is 1. The van der Waals surface area contributed by atoms with Gasteiger partial charge < -0.3 is 20.1 Å². The van der Waals surface area contributed by atoms with Gasteiger partial charge in [0.25, 0.3) is 0 Å². The summed E-state index contributed by atoms with van der Waals surface area (Å²) in [7, 11) is 0. The number of carbonyl (C=O) groups is 1. The van der Waals surface area contributed by atoms with Crippen LogP contribution in [0.2, 0.25) is 0 Å². The Hall–Kier alpha value is -1.75. The van der Waals surface area contributed by atoms with Crippen LogP contribution >= 0.6 is 0 Å². The van der Waals surface area contributed by atoms with Crippen LogP contribution in [0.3, 0.4) is 0 Å². The molecule has 1 heterocycles. The molecule has 1 unspecified atom stereocenters. The SMILES string of the molecule is CCC1CN(C(=O)CCOc2ccccc2N)CCO1. The van der Waals surface area contributed by atoms with E-state index in [2.05, 4.69) is 6.92 Å². The molecule has 0 aromatic heterocycles. The van der Waals surface area contributed by atoms with E-state index in [9.17, 15) is 4.79 Å². The van der Waals surface area contributed by atoms with Gasteiger partial charge in [-0.3, -0.25) is 4.79 Å². The molecular weight excluding hydrogens is 256 g/mol. The topological polar surface area (TPSA) is 64.8 Å². The molecule has 5 heteroatoms. The van der Waals surface area contributed by atoms with Gasteiger partial charge in [0, 0.05) is 13.1 Å². The molecule has 0 saturated carbocycles. The number of hydrogen-bond acceptors (Lipinski definition) is 4. The third-order valence-electron chi connectivity index (χ3n) is 3.44. The lowest BCUT2D eigenvalue weighted by molar-refractivity contribution is -0.139. The number of benzene rings is 1. The van der Waals surface area contributed by atoms with E-state index < -0.39 is 0 Å². The van der Waals surface area contributed by atoms with Crippen LogP contribution in [0.5, 0.6) is 5.75 Å². The second kappa shape index (κ2) is 7.14. The molecule has 1 atom stereocenters. The van der Waals surface area contributed by atoms with Crippen LogP contribution in [0.1, 0.15) is 19.8 Å². The van der Waals surface area contributed by atoms with Crippen LogP contribution in [0.4, 0.5) is 5.69 Å². The molecule has 1 aromatic rings. The second-order valence-corrected chi connectivity index (χ2v) is 4.88. The lowest BCUT2D eigenvalue weighted by Gasteiger charge is -2.32. The van der Waals surface area contributed by atoms with E-state index in [1.165, 1.54) is 0 Å². The molecule has 0 spiro atoms. The van der Waals surface area contributed by atoms with Crippen LogP contribution in [-0.4, -0.2) is 43.2 Å². The first-order chi connectivity index (χ1) is 9.70. The Morgan fingerprint density at radius 3 is 3.05 bits per heavy atom. The van der Waals surface area contributed by atoms with Crippen molar-refractivity contribution >= 4 is 11.6 Å². The molecule has 1 amide bonds. The first kappa shape index (κ1) is 14.7. The minimum absolute atomic E-state index is 0.112. The molecule has 110 valence electrons. The number of hydrogen-bond donors (Lipinski definition) is 1. The number of ether oxygens (including phenoxy) is 2. The van der Waals surface area contributed by atoms with Gasteiger partial charge in [0.15, 0.2) is 0 Å². The second-order valence-electron chi connectivity index (χ2n) is 4.88. The average Bonchev–Trinajstić information content (AvgIpc) is 2.49. The Bertz CT molecular complexity index is 450. The normalized spacial score (nSPS) is 18.9. The van der Waals surface area contributed by atoms with Gasteiger partial charge in [-0.15, -0.1) is 0 Å². The minimum atomic E-state index is 0.112. The van der Waals surface area contributed by atoms with Crippen LogP contribution in [-0.2, 0) is 9.53 Å². The summed E-state index contributed by atoms with van der Waals surface area (Å²) in [6.45, 7) is 4.39. The lowest BCUT2D eigenvalue weighted by Crippen LogP contribution is -2.45. The van der Waals surface area contributed by atoms with E-state index in [0.29, 0.717) is 44.2 Å². The summed E-state index contributed by atoms with van der Waals surface area (Å²) in [6.07, 6.45) is 1.46. The Morgan fingerprint density at radius 1 is 1.50 bits per heavy atom. The predicted octanol–water partition coefficient (Wildman–Crippen LogP) is 1.68. The number of anilines is 1. The lowest BCUT2D eigenvalue weighted by atomic mass is 10.2. The van der Waals surface area contributed by atoms with Crippen LogP contribution in [0.15, 0.2) is 24.3 Å². The number of nitrogens with zero attached hydrogens (tertiary/aromatic N) is 1. The Kier molecular flexibility index (Phi) is 5.24. The molecule has 5 nitrogen and oxygen atoms in total. The van der Waals surface area contributed by atoms with E-state index in [-0.39, 0.29) is 12.0 Å². The smallest absolute Gasteiger partial charge is 0.226 e. The Balaban J connectivity index is 1.76. The first-order valence-corrected chi connectivity index (χ1v) is 7.07. The van der Waals surface area contributed by atoms with Crippen molar-refractivity contribution in [1.82, 2.24) is 4.90 Å².